The van der Waals surface area contributed by atoms with Crippen molar-refractivity contribution in [2.75, 3.05) is 55.3 Å². The van der Waals surface area contributed by atoms with E-state index in [-0.39, 0.29) is 36.3 Å². The number of aliphatic hydroxyl groups is 1. The van der Waals surface area contributed by atoms with E-state index in [4.69, 9.17) is 5.11 Å². The second-order valence-electron chi connectivity index (χ2n) is 17.3. The Hall–Kier alpha value is -4.57. The number of carbonyl (C=O) groups excluding carboxylic acids is 3. The number of amides is 3. The number of nitrogens with one attached hydrogen (secondary N) is 3. The maximum atomic E-state index is 12.4. The molecule has 5 aliphatic rings. The van der Waals surface area contributed by atoms with Crippen LogP contribution in [0.2, 0.25) is 0 Å². The van der Waals surface area contributed by atoms with Crippen LogP contribution in [-0.2, 0) is 33.4 Å². The number of benzene rings is 2. The summed E-state index contributed by atoms with van der Waals surface area (Å²) >= 11 is 1.87. The normalized spacial score (nSPS) is 19.2. The third kappa shape index (κ3) is 10.4. The van der Waals surface area contributed by atoms with Crippen LogP contribution >= 0.6 is 11.9 Å². The highest BCUT2D eigenvalue weighted by Gasteiger charge is 2.57. The first-order valence-electron chi connectivity index (χ1n) is 22.9. The van der Waals surface area contributed by atoms with Crippen LogP contribution in [0.5, 0.6) is 0 Å². The maximum Gasteiger partial charge on any atom is 0.236 e. The SMILES string of the molecule is CC.CNC(=O)CCN(C=O)c1nn(C)c2cc(C3CCN(Cc4cccc(SN5CCC(Nc6ncc7c(n6)NC(=O)C76CC6)CC5)c4C)CC3)ccc12.OC1CCCCC1. The van der Waals surface area contributed by atoms with Crippen LogP contribution < -0.4 is 20.9 Å². The molecule has 3 amide bonds. The Balaban J connectivity index is 0.000000579. The largest absolute Gasteiger partial charge is 0.393 e. The summed E-state index contributed by atoms with van der Waals surface area (Å²) in [4.78, 5) is 50.7. The number of carbonyl (C=O) groups is 3. The Morgan fingerprint density at radius 3 is 2.44 bits per heavy atom. The van der Waals surface area contributed by atoms with E-state index in [0.29, 0.717) is 29.5 Å². The van der Waals surface area contributed by atoms with E-state index in [2.05, 4.69) is 83.5 Å². The highest BCUT2D eigenvalue weighted by Crippen LogP contribution is 2.54. The van der Waals surface area contributed by atoms with Gasteiger partial charge in [-0.25, -0.2) is 9.29 Å². The molecule has 4 N–H and O–H groups in total. The minimum absolute atomic E-state index is 0.0359. The molecule has 0 atom stereocenters. The van der Waals surface area contributed by atoms with Crippen LogP contribution in [0.3, 0.4) is 0 Å². The third-order valence-electron chi connectivity index (χ3n) is 13.3. The van der Waals surface area contributed by atoms with Gasteiger partial charge in [0.1, 0.15) is 5.82 Å². The first-order chi connectivity index (χ1) is 30.1. The number of nitrogens with zero attached hydrogens (tertiary/aromatic N) is 7. The molecule has 62 heavy (non-hydrogen) atoms. The van der Waals surface area contributed by atoms with Crippen LogP contribution in [0.4, 0.5) is 17.6 Å². The van der Waals surface area contributed by atoms with Gasteiger partial charge in [0.2, 0.25) is 24.2 Å². The Bertz CT molecular complexity index is 2170. The molecular formula is C47H66N10O4S. The van der Waals surface area contributed by atoms with Gasteiger partial charge in [-0.05, 0) is 124 Å². The van der Waals surface area contributed by atoms with Crippen molar-refractivity contribution in [3.05, 3.63) is 64.8 Å². The van der Waals surface area contributed by atoms with Gasteiger partial charge in [-0.2, -0.15) is 10.1 Å². The number of likely N-dealkylation sites (tertiary alicyclic amines) is 1. The van der Waals surface area contributed by atoms with E-state index in [0.717, 1.165) is 107 Å². The number of fused-ring (bicyclic) bond motifs is 3. The first kappa shape index (κ1) is 45.5. The highest BCUT2D eigenvalue weighted by atomic mass is 32.2. The number of aromatic nitrogens is 4. The average Bonchev–Trinajstić information content (AvgIpc) is 3.98. The molecule has 3 aliphatic heterocycles. The lowest BCUT2D eigenvalue weighted by atomic mass is 9.88. The monoisotopic (exact) mass is 866 g/mol. The van der Waals surface area contributed by atoms with E-state index in [1.807, 2.05) is 43.7 Å². The molecule has 15 heteroatoms. The molecule has 0 unspecified atom stereocenters. The van der Waals surface area contributed by atoms with Gasteiger partial charge in [-0.1, -0.05) is 51.3 Å². The van der Waals surface area contributed by atoms with Gasteiger partial charge in [-0.3, -0.25) is 28.9 Å². The van der Waals surface area contributed by atoms with Gasteiger partial charge in [0.05, 0.1) is 17.0 Å². The van der Waals surface area contributed by atoms with Gasteiger partial charge < -0.3 is 21.1 Å². The second kappa shape index (κ2) is 20.7. The van der Waals surface area contributed by atoms with Crippen molar-refractivity contribution in [1.29, 1.82) is 0 Å². The molecule has 0 radical (unpaired) electrons. The molecule has 2 aliphatic carbocycles. The minimum Gasteiger partial charge on any atom is -0.393 e. The highest BCUT2D eigenvalue weighted by molar-refractivity contribution is 7.97. The zero-order valence-electron chi connectivity index (χ0n) is 37.3. The number of rotatable bonds is 12. The van der Waals surface area contributed by atoms with Crippen molar-refractivity contribution >= 4 is 58.7 Å². The summed E-state index contributed by atoms with van der Waals surface area (Å²) in [5, 5.41) is 23.6. The maximum absolute atomic E-state index is 12.4. The average molecular weight is 867 g/mol. The summed E-state index contributed by atoms with van der Waals surface area (Å²) < 4.78 is 4.31. The zero-order chi connectivity index (χ0) is 43.8. The fourth-order valence-corrected chi connectivity index (χ4v) is 10.3. The Labute approximate surface area is 371 Å². The lowest BCUT2D eigenvalue weighted by Gasteiger charge is -2.33. The summed E-state index contributed by atoms with van der Waals surface area (Å²) in [5.74, 6) is 2.29. The summed E-state index contributed by atoms with van der Waals surface area (Å²) in [5.41, 5.74) is 5.65. The summed E-state index contributed by atoms with van der Waals surface area (Å²) in [7, 11) is 3.50. The lowest BCUT2D eigenvalue weighted by molar-refractivity contribution is -0.120. The minimum atomic E-state index is -0.354. The molecule has 0 bridgehead atoms. The van der Waals surface area contributed by atoms with Crippen molar-refractivity contribution < 1.29 is 19.5 Å². The molecule has 2 saturated carbocycles. The number of hydrogen-bond acceptors (Lipinski definition) is 11. The van der Waals surface area contributed by atoms with Crippen molar-refractivity contribution in [2.24, 2.45) is 7.05 Å². The van der Waals surface area contributed by atoms with Crippen LogP contribution in [-0.4, -0.2) is 104 Å². The van der Waals surface area contributed by atoms with Crippen molar-refractivity contribution in [1.82, 2.24) is 34.3 Å². The van der Waals surface area contributed by atoms with Crippen LogP contribution in [0.15, 0.2) is 47.5 Å². The number of anilines is 3. The van der Waals surface area contributed by atoms with Gasteiger partial charge >= 0.3 is 0 Å². The van der Waals surface area contributed by atoms with Crippen LogP contribution in [0.1, 0.15) is 119 Å². The van der Waals surface area contributed by atoms with E-state index in [1.54, 1.807) is 7.05 Å². The third-order valence-corrected chi connectivity index (χ3v) is 14.5. The predicted molar refractivity (Wildman–Crippen MR) is 247 cm³/mol. The van der Waals surface area contributed by atoms with Gasteiger partial charge in [0, 0.05) is 74.8 Å². The van der Waals surface area contributed by atoms with Gasteiger partial charge in [0.15, 0.2) is 5.82 Å². The van der Waals surface area contributed by atoms with E-state index >= 15 is 0 Å². The van der Waals surface area contributed by atoms with Gasteiger partial charge in [0.25, 0.3) is 0 Å². The molecule has 1 spiro atoms. The molecule has 4 aromatic rings. The summed E-state index contributed by atoms with van der Waals surface area (Å²) in [6, 6.07) is 13.5. The van der Waals surface area contributed by atoms with Crippen molar-refractivity contribution in [3.63, 3.8) is 0 Å². The van der Waals surface area contributed by atoms with E-state index in [1.165, 1.54) is 45.7 Å². The number of aryl methyl sites for hydroxylation is 1. The molecule has 2 aromatic carbocycles. The van der Waals surface area contributed by atoms with Crippen LogP contribution in [0, 0.1) is 6.92 Å². The molecular weight excluding hydrogens is 801 g/mol. The van der Waals surface area contributed by atoms with E-state index in [9.17, 15) is 14.4 Å². The fourth-order valence-electron chi connectivity index (χ4n) is 9.23. The number of aliphatic hydroxyl groups excluding tert-OH is 1. The molecule has 9 rings (SSSR count). The van der Waals surface area contributed by atoms with E-state index < -0.39 is 0 Å². The van der Waals surface area contributed by atoms with Gasteiger partial charge in [-0.15, -0.1) is 0 Å². The fraction of sp³-hybridized carbons (Fsp3) is 0.574. The lowest BCUT2D eigenvalue weighted by Crippen LogP contribution is -2.36. The van der Waals surface area contributed by atoms with Crippen molar-refractivity contribution in [2.45, 2.75) is 133 Å². The molecule has 334 valence electrons. The number of hydrogen-bond donors (Lipinski definition) is 4. The molecule has 5 heterocycles. The smallest absolute Gasteiger partial charge is 0.236 e. The standard InChI is InChI=1S/C39H48N10O3S.C6H12O.C2H6/c1-25-28(5-4-6-33(25)53-49-19-11-29(12-20-49)42-38-41-22-31-35(44-38)43-37(52)39(31)14-15-39)23-47-16-9-26(10-17-47)27-7-8-30-32(21-27)46(3)45-36(30)48(24-50)18-13-34(51)40-2;7-6-4-2-1-3-5-6;1-2/h4-8,21-22,24,26,29H,9-20,23H2,1-3H3,(H,40,51)(H2,41,42,43,44,52);6-7H,1-5H2;1-2H3. The Kier molecular flexibility index (Phi) is 15.2. The quantitative estimate of drug-likeness (QED) is 0.0854. The molecule has 4 fully saturated rings. The predicted octanol–water partition coefficient (Wildman–Crippen LogP) is 7.06. The second-order valence-corrected chi connectivity index (χ2v) is 18.4. The Morgan fingerprint density at radius 1 is 1.03 bits per heavy atom. The summed E-state index contributed by atoms with van der Waals surface area (Å²) in [6.07, 6.45) is 14.7. The molecule has 2 saturated heterocycles. The Morgan fingerprint density at radius 2 is 1.77 bits per heavy atom. The van der Waals surface area contributed by atoms with Crippen LogP contribution in [0.25, 0.3) is 10.9 Å². The topological polar surface area (TPSA) is 161 Å². The first-order valence-corrected chi connectivity index (χ1v) is 23.7. The molecule has 2 aromatic heterocycles. The number of piperidine rings is 2. The molecule has 14 nitrogen and oxygen atoms in total. The zero-order valence-corrected chi connectivity index (χ0v) is 38.1. The summed E-state index contributed by atoms with van der Waals surface area (Å²) in [6.45, 7) is 11.5. The van der Waals surface area contributed by atoms with Crippen molar-refractivity contribution in [3.8, 4) is 0 Å².